The van der Waals surface area contributed by atoms with Crippen LogP contribution in [0, 0.1) is 0 Å². The van der Waals surface area contributed by atoms with Crippen molar-refractivity contribution in [2.24, 2.45) is 12.8 Å². The summed E-state index contributed by atoms with van der Waals surface area (Å²) in [4.78, 5) is 17.0. The highest BCUT2D eigenvalue weighted by Gasteiger charge is 2.24. The molecule has 3 heterocycles. The zero-order valence-corrected chi connectivity index (χ0v) is 15.8. The molecule has 1 fully saturated rings. The summed E-state index contributed by atoms with van der Waals surface area (Å²) in [5, 5.41) is 13.8. The van der Waals surface area contributed by atoms with Gasteiger partial charge in [-0.25, -0.2) is 18.3 Å². The Morgan fingerprint density at radius 1 is 1.28 bits per heavy atom. The van der Waals surface area contributed by atoms with Gasteiger partial charge in [0, 0.05) is 25.3 Å². The molecular formula is C18H22F2N8O. The molecule has 0 aliphatic heterocycles. The highest BCUT2D eigenvalue weighted by Crippen LogP contribution is 2.26. The number of nitrogens with two attached hydrogens (primary N) is 1. The predicted octanol–water partition coefficient (Wildman–Crippen LogP) is 2.33. The minimum absolute atomic E-state index is 0.0221. The SMILES string of the molecule is Cn1cc(NC(=O)c2ccc3cnc(N[C@@H]4CCCC[C@@H]4N)nn23)c(C(F)F)n1. The highest BCUT2D eigenvalue weighted by molar-refractivity contribution is 6.04. The second kappa shape index (κ2) is 7.74. The van der Waals surface area contributed by atoms with Crippen molar-refractivity contribution >= 4 is 23.1 Å². The van der Waals surface area contributed by atoms with E-state index in [-0.39, 0.29) is 23.5 Å². The Morgan fingerprint density at radius 2 is 2.07 bits per heavy atom. The van der Waals surface area contributed by atoms with E-state index in [1.807, 2.05) is 0 Å². The summed E-state index contributed by atoms with van der Waals surface area (Å²) < 4.78 is 28.9. The third-order valence-corrected chi connectivity index (χ3v) is 5.08. The van der Waals surface area contributed by atoms with E-state index in [9.17, 15) is 13.6 Å². The fourth-order valence-corrected chi connectivity index (χ4v) is 3.59. The van der Waals surface area contributed by atoms with Crippen molar-refractivity contribution in [1.29, 1.82) is 0 Å². The Labute approximate surface area is 165 Å². The van der Waals surface area contributed by atoms with E-state index in [0.29, 0.717) is 11.5 Å². The van der Waals surface area contributed by atoms with E-state index < -0.39 is 18.0 Å². The molecule has 0 spiro atoms. The predicted molar refractivity (Wildman–Crippen MR) is 103 cm³/mol. The van der Waals surface area contributed by atoms with Crippen molar-refractivity contribution in [2.75, 3.05) is 10.6 Å². The number of carbonyl (C=O) groups excluding carboxylic acids is 1. The molecule has 1 saturated carbocycles. The molecule has 4 rings (SSSR count). The van der Waals surface area contributed by atoms with Gasteiger partial charge in [-0.1, -0.05) is 12.8 Å². The first-order valence-corrected chi connectivity index (χ1v) is 9.42. The molecule has 4 N–H and O–H groups in total. The lowest BCUT2D eigenvalue weighted by molar-refractivity contribution is 0.101. The average molecular weight is 404 g/mol. The number of amides is 1. The van der Waals surface area contributed by atoms with E-state index in [4.69, 9.17) is 5.73 Å². The van der Waals surface area contributed by atoms with Crippen LogP contribution in [-0.2, 0) is 7.05 Å². The van der Waals surface area contributed by atoms with Crippen LogP contribution < -0.4 is 16.4 Å². The zero-order valence-electron chi connectivity index (χ0n) is 15.8. The topological polar surface area (TPSA) is 115 Å². The van der Waals surface area contributed by atoms with Gasteiger partial charge in [0.15, 0.2) is 5.69 Å². The Kier molecular flexibility index (Phi) is 5.14. The van der Waals surface area contributed by atoms with Crippen LogP contribution in [0.25, 0.3) is 5.52 Å². The molecule has 0 bridgehead atoms. The van der Waals surface area contributed by atoms with Gasteiger partial charge in [0.2, 0.25) is 5.95 Å². The smallest absolute Gasteiger partial charge is 0.284 e. The number of rotatable bonds is 5. The number of hydrogen-bond acceptors (Lipinski definition) is 6. The van der Waals surface area contributed by atoms with Gasteiger partial charge < -0.3 is 16.4 Å². The summed E-state index contributed by atoms with van der Waals surface area (Å²) in [6.45, 7) is 0. The van der Waals surface area contributed by atoms with Gasteiger partial charge >= 0.3 is 0 Å². The highest BCUT2D eigenvalue weighted by atomic mass is 19.3. The molecule has 9 nitrogen and oxygen atoms in total. The number of aryl methyl sites for hydroxylation is 1. The van der Waals surface area contributed by atoms with Gasteiger partial charge in [0.05, 0.1) is 17.4 Å². The average Bonchev–Trinajstić information content (AvgIpc) is 3.26. The third kappa shape index (κ3) is 3.90. The van der Waals surface area contributed by atoms with Gasteiger partial charge in [0.25, 0.3) is 12.3 Å². The van der Waals surface area contributed by atoms with Crippen molar-refractivity contribution < 1.29 is 13.6 Å². The number of aromatic nitrogens is 5. The Hall–Kier alpha value is -3.08. The summed E-state index contributed by atoms with van der Waals surface area (Å²) in [7, 11) is 1.51. The van der Waals surface area contributed by atoms with Crippen LogP contribution in [0.2, 0.25) is 0 Å². The molecule has 1 amide bonds. The zero-order chi connectivity index (χ0) is 20.5. The van der Waals surface area contributed by atoms with Crippen molar-refractivity contribution in [3.63, 3.8) is 0 Å². The molecule has 29 heavy (non-hydrogen) atoms. The van der Waals surface area contributed by atoms with Crippen molar-refractivity contribution in [3.8, 4) is 0 Å². The third-order valence-electron chi connectivity index (χ3n) is 5.08. The van der Waals surface area contributed by atoms with E-state index in [0.717, 1.165) is 25.7 Å². The van der Waals surface area contributed by atoms with E-state index in [2.05, 4.69) is 25.8 Å². The summed E-state index contributed by atoms with van der Waals surface area (Å²) >= 11 is 0. The lowest BCUT2D eigenvalue weighted by Crippen LogP contribution is -2.43. The lowest BCUT2D eigenvalue weighted by atomic mass is 9.91. The number of carbonyl (C=O) groups is 1. The van der Waals surface area contributed by atoms with Crippen molar-refractivity contribution in [2.45, 2.75) is 44.2 Å². The fraction of sp³-hybridized carbons (Fsp3) is 0.444. The van der Waals surface area contributed by atoms with Gasteiger partial charge in [-0.3, -0.25) is 9.48 Å². The molecule has 1 aliphatic rings. The number of hydrogen-bond donors (Lipinski definition) is 3. The van der Waals surface area contributed by atoms with E-state index in [1.165, 1.54) is 22.4 Å². The molecule has 0 radical (unpaired) electrons. The molecule has 154 valence electrons. The number of nitrogens with zero attached hydrogens (tertiary/aromatic N) is 5. The second-order valence-electron chi connectivity index (χ2n) is 7.19. The van der Waals surface area contributed by atoms with Crippen LogP contribution >= 0.6 is 0 Å². The first kappa shape index (κ1) is 19.2. The summed E-state index contributed by atoms with van der Waals surface area (Å²) in [5.74, 6) is -0.210. The lowest BCUT2D eigenvalue weighted by Gasteiger charge is -2.29. The van der Waals surface area contributed by atoms with Gasteiger partial charge in [0.1, 0.15) is 5.69 Å². The summed E-state index contributed by atoms with van der Waals surface area (Å²) in [6.07, 6.45) is 4.19. The van der Waals surface area contributed by atoms with Crippen LogP contribution in [0.3, 0.4) is 0 Å². The normalized spacial score (nSPS) is 19.6. The number of nitrogens with one attached hydrogen (secondary N) is 2. The van der Waals surface area contributed by atoms with Gasteiger partial charge in [-0.2, -0.15) is 5.10 Å². The molecule has 0 unspecified atom stereocenters. The first-order chi connectivity index (χ1) is 13.9. The minimum Gasteiger partial charge on any atom is -0.349 e. The molecule has 3 aromatic rings. The van der Waals surface area contributed by atoms with Crippen molar-refractivity contribution in [1.82, 2.24) is 24.4 Å². The standard InChI is InChI=1S/C18H22F2N8O/c1-27-9-13(15(25-27)16(19)20)23-17(29)14-7-6-10-8-22-18(26-28(10)14)24-12-5-3-2-4-11(12)21/h6-9,11-12,16H,2-5,21H2,1H3,(H,23,29)(H,24,26)/t11-,12+/m0/s1. The van der Waals surface area contributed by atoms with Crippen LogP contribution in [0.1, 0.15) is 48.3 Å². The Balaban J connectivity index is 1.58. The van der Waals surface area contributed by atoms with Gasteiger partial charge in [-0.15, -0.1) is 5.10 Å². The molecular weight excluding hydrogens is 382 g/mol. The fourth-order valence-electron chi connectivity index (χ4n) is 3.59. The number of halogens is 2. The number of fused-ring (bicyclic) bond motifs is 1. The first-order valence-electron chi connectivity index (χ1n) is 9.42. The number of anilines is 2. The molecule has 0 saturated heterocycles. The minimum atomic E-state index is -2.80. The summed E-state index contributed by atoms with van der Waals surface area (Å²) in [6, 6.07) is 3.34. The molecule has 0 aromatic carbocycles. The molecule has 1 aliphatic carbocycles. The maximum absolute atomic E-state index is 13.1. The van der Waals surface area contributed by atoms with Crippen LogP contribution in [0.5, 0.6) is 0 Å². The van der Waals surface area contributed by atoms with Crippen LogP contribution in [-0.4, -0.2) is 42.4 Å². The monoisotopic (exact) mass is 404 g/mol. The quantitative estimate of drug-likeness (QED) is 0.601. The molecule has 3 aromatic heterocycles. The summed E-state index contributed by atoms with van der Waals surface area (Å²) in [5.41, 5.74) is 6.45. The molecule has 11 heteroatoms. The van der Waals surface area contributed by atoms with Gasteiger partial charge in [-0.05, 0) is 25.0 Å². The van der Waals surface area contributed by atoms with Crippen LogP contribution in [0.15, 0.2) is 24.5 Å². The van der Waals surface area contributed by atoms with E-state index in [1.54, 1.807) is 18.3 Å². The van der Waals surface area contributed by atoms with E-state index >= 15 is 0 Å². The van der Waals surface area contributed by atoms with Crippen molar-refractivity contribution in [3.05, 3.63) is 35.9 Å². The maximum atomic E-state index is 13.1. The Morgan fingerprint density at radius 3 is 2.83 bits per heavy atom. The second-order valence-corrected chi connectivity index (χ2v) is 7.19. The number of alkyl halides is 2. The largest absolute Gasteiger partial charge is 0.349 e. The van der Waals surface area contributed by atoms with Crippen LogP contribution in [0.4, 0.5) is 20.4 Å². The maximum Gasteiger partial charge on any atom is 0.284 e. The molecule has 2 atom stereocenters. The Bertz CT molecular complexity index is 1030.